The Hall–Kier alpha value is -1.75. The molecule has 1 atom stereocenters. The minimum Gasteiger partial charge on any atom is -0.347 e. The second-order valence-corrected chi connectivity index (χ2v) is 4.47. The zero-order chi connectivity index (χ0) is 13.0. The van der Waals surface area contributed by atoms with E-state index in [9.17, 15) is 4.79 Å². The summed E-state index contributed by atoms with van der Waals surface area (Å²) in [6.07, 6.45) is 7.12. The van der Waals surface area contributed by atoms with Crippen molar-refractivity contribution in [3.63, 3.8) is 0 Å². The summed E-state index contributed by atoms with van der Waals surface area (Å²) in [5.74, 6) is -0.204. The highest BCUT2D eigenvalue weighted by Crippen LogP contribution is 2.28. The summed E-state index contributed by atoms with van der Waals surface area (Å²) in [5.41, 5.74) is 1.25. The molecule has 1 aromatic heterocycles. The smallest absolute Gasteiger partial charge is 0.271 e. The Morgan fingerprint density at radius 2 is 2.50 bits per heavy atom. The van der Waals surface area contributed by atoms with Gasteiger partial charge in [0.2, 0.25) is 0 Å². The van der Waals surface area contributed by atoms with Crippen LogP contribution in [0.3, 0.4) is 0 Å². The number of carbonyl (C=O) groups is 1. The van der Waals surface area contributed by atoms with Crippen molar-refractivity contribution < 1.29 is 4.79 Å². The molecule has 0 aromatic carbocycles. The first-order chi connectivity index (χ1) is 8.72. The van der Waals surface area contributed by atoms with Gasteiger partial charge in [0.25, 0.3) is 5.91 Å². The highest BCUT2D eigenvalue weighted by atomic mass is 16.1. The second-order valence-electron chi connectivity index (χ2n) is 4.47. The Morgan fingerprint density at radius 3 is 3.17 bits per heavy atom. The number of carbonyl (C=O) groups excluding carboxylic acids is 1. The average molecular weight is 246 g/mol. The summed E-state index contributed by atoms with van der Waals surface area (Å²) in [6.45, 7) is 5.07. The number of nitrogens with zero attached hydrogens (tertiary/aromatic N) is 3. The maximum atomic E-state index is 11.8. The number of hydrogen-bond acceptors (Lipinski definition) is 4. The van der Waals surface area contributed by atoms with Gasteiger partial charge in [-0.3, -0.25) is 14.7 Å². The lowest BCUT2D eigenvalue weighted by Gasteiger charge is -2.18. The van der Waals surface area contributed by atoms with Crippen LogP contribution in [0.4, 0.5) is 0 Å². The van der Waals surface area contributed by atoms with Gasteiger partial charge in [0.1, 0.15) is 5.69 Å². The molecule has 0 bridgehead atoms. The molecule has 1 aromatic rings. The summed E-state index contributed by atoms with van der Waals surface area (Å²) >= 11 is 0. The molecule has 0 unspecified atom stereocenters. The SMILES string of the molecule is C=CCNC(=O)c1cncc([C@H]2CCCN2C)n1. The first-order valence-corrected chi connectivity index (χ1v) is 6.13. The molecule has 0 spiro atoms. The van der Waals surface area contributed by atoms with Crippen LogP contribution in [0, 0.1) is 0 Å². The van der Waals surface area contributed by atoms with E-state index < -0.39 is 0 Å². The maximum absolute atomic E-state index is 11.8. The highest BCUT2D eigenvalue weighted by molar-refractivity contribution is 5.92. The van der Waals surface area contributed by atoms with E-state index in [1.54, 1.807) is 12.3 Å². The van der Waals surface area contributed by atoms with Gasteiger partial charge in [0.05, 0.1) is 24.1 Å². The summed E-state index contributed by atoms with van der Waals surface area (Å²) in [5, 5.41) is 2.70. The lowest BCUT2D eigenvalue weighted by atomic mass is 10.1. The Labute approximate surface area is 107 Å². The fraction of sp³-hybridized carbons (Fsp3) is 0.462. The third-order valence-corrected chi connectivity index (χ3v) is 3.15. The topological polar surface area (TPSA) is 58.1 Å². The zero-order valence-corrected chi connectivity index (χ0v) is 10.6. The van der Waals surface area contributed by atoms with Crippen molar-refractivity contribution in [1.82, 2.24) is 20.2 Å². The van der Waals surface area contributed by atoms with E-state index in [1.165, 1.54) is 6.20 Å². The van der Waals surface area contributed by atoms with Crippen molar-refractivity contribution in [1.29, 1.82) is 0 Å². The van der Waals surface area contributed by atoms with Crippen LogP contribution in [-0.2, 0) is 0 Å². The number of hydrogen-bond donors (Lipinski definition) is 1. The van der Waals surface area contributed by atoms with Gasteiger partial charge in [0.15, 0.2) is 0 Å². The van der Waals surface area contributed by atoms with Gasteiger partial charge in [-0.15, -0.1) is 6.58 Å². The van der Waals surface area contributed by atoms with E-state index in [2.05, 4.69) is 33.8 Å². The van der Waals surface area contributed by atoms with Crippen molar-refractivity contribution in [2.24, 2.45) is 0 Å². The van der Waals surface area contributed by atoms with Gasteiger partial charge >= 0.3 is 0 Å². The number of aromatic nitrogens is 2. The molecule has 1 amide bonds. The lowest BCUT2D eigenvalue weighted by molar-refractivity contribution is 0.0952. The van der Waals surface area contributed by atoms with Crippen molar-refractivity contribution in [3.05, 3.63) is 36.4 Å². The normalized spacial score (nSPS) is 19.7. The van der Waals surface area contributed by atoms with Crippen molar-refractivity contribution in [2.45, 2.75) is 18.9 Å². The largest absolute Gasteiger partial charge is 0.347 e. The fourth-order valence-corrected chi connectivity index (χ4v) is 2.19. The monoisotopic (exact) mass is 246 g/mol. The molecule has 0 radical (unpaired) electrons. The predicted octanol–water partition coefficient (Wildman–Crippen LogP) is 1.16. The molecule has 5 nitrogen and oxygen atoms in total. The Balaban J connectivity index is 2.14. The summed E-state index contributed by atoms with van der Waals surface area (Å²) < 4.78 is 0. The van der Waals surface area contributed by atoms with E-state index in [0.29, 0.717) is 12.2 Å². The van der Waals surface area contributed by atoms with E-state index in [4.69, 9.17) is 0 Å². The first kappa shape index (κ1) is 12.7. The highest BCUT2D eigenvalue weighted by Gasteiger charge is 2.24. The summed E-state index contributed by atoms with van der Waals surface area (Å²) in [7, 11) is 2.07. The third-order valence-electron chi connectivity index (χ3n) is 3.15. The van der Waals surface area contributed by atoms with Gasteiger partial charge in [0, 0.05) is 6.54 Å². The molecule has 96 valence electrons. The lowest BCUT2D eigenvalue weighted by Crippen LogP contribution is -2.26. The van der Waals surface area contributed by atoms with E-state index in [-0.39, 0.29) is 11.9 Å². The van der Waals surface area contributed by atoms with Gasteiger partial charge in [-0.1, -0.05) is 6.08 Å². The molecule has 1 N–H and O–H groups in total. The van der Waals surface area contributed by atoms with Gasteiger partial charge in [-0.2, -0.15) is 0 Å². The number of nitrogens with one attached hydrogen (secondary N) is 1. The van der Waals surface area contributed by atoms with Crippen LogP contribution < -0.4 is 5.32 Å². The zero-order valence-electron chi connectivity index (χ0n) is 10.6. The molecule has 1 aliphatic rings. The molecular weight excluding hydrogens is 228 g/mol. The van der Waals surface area contributed by atoms with Crippen LogP contribution in [0.1, 0.15) is 35.1 Å². The molecule has 1 saturated heterocycles. The van der Waals surface area contributed by atoms with Crippen LogP contribution >= 0.6 is 0 Å². The van der Waals surface area contributed by atoms with Crippen LogP contribution in [0.15, 0.2) is 25.0 Å². The van der Waals surface area contributed by atoms with Crippen molar-refractivity contribution in [2.75, 3.05) is 20.1 Å². The summed E-state index contributed by atoms with van der Waals surface area (Å²) in [6, 6.07) is 0.282. The van der Waals surface area contributed by atoms with Crippen LogP contribution in [0.2, 0.25) is 0 Å². The number of likely N-dealkylation sites (tertiary alicyclic amines) is 1. The average Bonchev–Trinajstić information content (AvgIpc) is 2.82. The molecule has 1 fully saturated rings. The number of amides is 1. The Bertz CT molecular complexity index is 446. The second kappa shape index (κ2) is 5.73. The molecule has 0 aliphatic carbocycles. The van der Waals surface area contributed by atoms with Crippen LogP contribution in [-0.4, -0.2) is 40.9 Å². The van der Waals surface area contributed by atoms with Crippen LogP contribution in [0.5, 0.6) is 0 Å². The minimum absolute atomic E-state index is 0.204. The molecule has 0 saturated carbocycles. The Morgan fingerprint density at radius 1 is 1.67 bits per heavy atom. The van der Waals surface area contributed by atoms with Gasteiger partial charge in [-0.05, 0) is 26.4 Å². The maximum Gasteiger partial charge on any atom is 0.271 e. The quantitative estimate of drug-likeness (QED) is 0.810. The predicted molar refractivity (Wildman–Crippen MR) is 69.2 cm³/mol. The molecule has 2 rings (SSSR count). The molecule has 2 heterocycles. The number of rotatable bonds is 4. The third kappa shape index (κ3) is 2.73. The van der Waals surface area contributed by atoms with Gasteiger partial charge < -0.3 is 5.32 Å². The van der Waals surface area contributed by atoms with Crippen molar-refractivity contribution in [3.8, 4) is 0 Å². The van der Waals surface area contributed by atoms with E-state index >= 15 is 0 Å². The molecule has 5 heteroatoms. The molecular formula is C13H18N4O. The van der Waals surface area contributed by atoms with Crippen molar-refractivity contribution >= 4 is 5.91 Å². The molecule has 1 aliphatic heterocycles. The van der Waals surface area contributed by atoms with Crippen LogP contribution in [0.25, 0.3) is 0 Å². The first-order valence-electron chi connectivity index (χ1n) is 6.13. The Kier molecular flexibility index (Phi) is 4.04. The fourth-order valence-electron chi connectivity index (χ4n) is 2.19. The molecule has 18 heavy (non-hydrogen) atoms. The van der Waals surface area contributed by atoms with E-state index in [0.717, 1.165) is 25.1 Å². The van der Waals surface area contributed by atoms with E-state index in [1.807, 2.05) is 0 Å². The summed E-state index contributed by atoms with van der Waals surface area (Å²) in [4.78, 5) is 22.5. The van der Waals surface area contributed by atoms with Gasteiger partial charge in [-0.25, -0.2) is 4.98 Å². The minimum atomic E-state index is -0.204. The standard InChI is InChI=1S/C13H18N4O/c1-3-6-15-13(18)11-9-14-8-10(16-11)12-5-4-7-17(12)2/h3,8-9,12H,1,4-7H2,2H3,(H,15,18)/t12-/m1/s1.